The minimum atomic E-state index is -1.13. The van der Waals surface area contributed by atoms with E-state index in [1.54, 1.807) is 32.9 Å². The third kappa shape index (κ3) is 11.5. The molecule has 0 fully saturated rings. The van der Waals surface area contributed by atoms with Crippen LogP contribution in [0.25, 0.3) is 34.2 Å². The highest BCUT2D eigenvalue weighted by molar-refractivity contribution is 5.87. The summed E-state index contributed by atoms with van der Waals surface area (Å²) in [6, 6.07) is 17.1. The fourth-order valence-electron chi connectivity index (χ4n) is 6.18. The van der Waals surface area contributed by atoms with Crippen molar-refractivity contribution in [1.29, 1.82) is 0 Å². The lowest BCUT2D eigenvalue weighted by molar-refractivity contribution is -0.143. The first-order valence-corrected chi connectivity index (χ1v) is 18.5. The molecule has 0 aliphatic rings. The van der Waals surface area contributed by atoms with E-state index in [0.29, 0.717) is 54.7 Å². The zero-order valence-electron chi connectivity index (χ0n) is 33.2. The number of carbonyl (C=O) groups is 2. The van der Waals surface area contributed by atoms with Gasteiger partial charge in [0.05, 0.1) is 17.3 Å². The van der Waals surface area contributed by atoms with Crippen LogP contribution in [-0.4, -0.2) is 67.4 Å². The molecule has 1 heterocycles. The molecule has 1 atom stereocenters. The predicted octanol–water partition coefficient (Wildman–Crippen LogP) is 8.76. The Morgan fingerprint density at radius 2 is 1.31 bits per heavy atom. The van der Waals surface area contributed by atoms with Crippen LogP contribution in [0, 0.1) is 27.7 Å². The lowest BCUT2D eigenvalue weighted by atomic mass is 9.97. The number of phenols is 1. The molecule has 10 nitrogen and oxygen atoms in total. The highest BCUT2D eigenvalue weighted by atomic mass is 16.5. The van der Waals surface area contributed by atoms with Crippen molar-refractivity contribution in [3.8, 4) is 45.7 Å². The Labute approximate surface area is 319 Å². The number of benzene rings is 3. The summed E-state index contributed by atoms with van der Waals surface area (Å²) < 4.78 is 17.1. The maximum absolute atomic E-state index is 13.2. The molecular weight excluding hydrogens is 682 g/mol. The number of aryl methyl sites for hydroxylation is 4. The van der Waals surface area contributed by atoms with Crippen molar-refractivity contribution in [3.63, 3.8) is 0 Å². The third-order valence-electron chi connectivity index (χ3n) is 9.16. The van der Waals surface area contributed by atoms with Crippen LogP contribution in [0.15, 0.2) is 66.7 Å². The smallest absolute Gasteiger partial charge is 0.333 e. The van der Waals surface area contributed by atoms with E-state index in [1.807, 2.05) is 65.8 Å². The molecule has 3 aromatic carbocycles. The van der Waals surface area contributed by atoms with Gasteiger partial charge in [-0.3, -0.25) is 4.79 Å². The number of unbranched alkanes of at least 4 members (excludes halogenated alkanes) is 2. The number of aliphatic hydroxyl groups excluding tert-OH is 1. The quantitative estimate of drug-likeness (QED) is 0.0578. The van der Waals surface area contributed by atoms with Crippen molar-refractivity contribution >= 4 is 11.8 Å². The first kappa shape index (κ1) is 41.8. The summed E-state index contributed by atoms with van der Waals surface area (Å²) in [5.41, 5.74) is 5.04. The Bertz CT molecular complexity index is 1920. The average molecular weight is 738 g/mol. The lowest BCUT2D eigenvalue weighted by Gasteiger charge is -2.28. The zero-order valence-corrected chi connectivity index (χ0v) is 33.2. The van der Waals surface area contributed by atoms with Crippen molar-refractivity contribution in [3.05, 3.63) is 89.0 Å². The number of nitrogens with zero attached hydrogens (tertiary/aromatic N) is 3. The summed E-state index contributed by atoms with van der Waals surface area (Å²) in [6.45, 7) is 20.8. The number of rotatable bonds is 18. The number of hydrogen-bond donors (Lipinski definition) is 2. The van der Waals surface area contributed by atoms with Crippen LogP contribution in [0.5, 0.6) is 11.5 Å². The molecule has 4 aromatic rings. The number of aromatic hydroxyl groups is 1. The van der Waals surface area contributed by atoms with Gasteiger partial charge in [0.2, 0.25) is 0 Å². The summed E-state index contributed by atoms with van der Waals surface area (Å²) >= 11 is 0. The molecule has 1 aromatic heterocycles. The van der Waals surface area contributed by atoms with Crippen molar-refractivity contribution in [2.75, 3.05) is 13.2 Å². The number of phenolic OH excluding ortho intramolecular Hbond substituents is 1. The normalized spacial score (nSPS) is 12.3. The number of aliphatic hydroxyl groups is 1. The van der Waals surface area contributed by atoms with E-state index in [9.17, 15) is 19.8 Å². The molecule has 0 radical (unpaired) electrons. The molecule has 0 saturated heterocycles. The highest BCUT2D eigenvalue weighted by Crippen LogP contribution is 2.35. The summed E-state index contributed by atoms with van der Waals surface area (Å²) in [6.07, 6.45) is 1.93. The van der Waals surface area contributed by atoms with Crippen molar-refractivity contribution in [1.82, 2.24) is 15.0 Å². The molecular formula is C44H55N3O7. The van der Waals surface area contributed by atoms with Crippen molar-refractivity contribution in [2.24, 2.45) is 0 Å². The maximum atomic E-state index is 13.2. The predicted molar refractivity (Wildman–Crippen MR) is 211 cm³/mol. The summed E-state index contributed by atoms with van der Waals surface area (Å²) in [5.74, 6) is 1.01. The molecule has 0 aliphatic carbocycles. The van der Waals surface area contributed by atoms with E-state index in [0.717, 1.165) is 46.2 Å². The van der Waals surface area contributed by atoms with Gasteiger partial charge in [-0.05, 0) is 98.4 Å². The average Bonchev–Trinajstić information content (AvgIpc) is 3.08. The van der Waals surface area contributed by atoms with Gasteiger partial charge in [0.15, 0.2) is 28.9 Å². The van der Waals surface area contributed by atoms with Gasteiger partial charge in [0, 0.05) is 42.2 Å². The minimum absolute atomic E-state index is 0.0616. The fraction of sp³-hybridized carbons (Fsp3) is 0.432. The summed E-state index contributed by atoms with van der Waals surface area (Å²) in [7, 11) is 0. The maximum Gasteiger partial charge on any atom is 0.333 e. The van der Waals surface area contributed by atoms with Gasteiger partial charge >= 0.3 is 5.97 Å². The van der Waals surface area contributed by atoms with Crippen LogP contribution in [0.2, 0.25) is 0 Å². The Morgan fingerprint density at radius 1 is 0.778 bits per heavy atom. The Hall–Kier alpha value is -4.93. The van der Waals surface area contributed by atoms with Crippen LogP contribution < -0.4 is 4.74 Å². The van der Waals surface area contributed by atoms with Gasteiger partial charge in [0.1, 0.15) is 18.1 Å². The van der Waals surface area contributed by atoms with Crippen LogP contribution in [0.3, 0.4) is 0 Å². The molecule has 4 rings (SSSR count). The van der Waals surface area contributed by atoms with Crippen LogP contribution in [0.1, 0.15) is 89.0 Å². The number of aromatic nitrogens is 3. The first-order valence-electron chi connectivity index (χ1n) is 18.5. The Kier molecular flexibility index (Phi) is 13.9. The number of esters is 1. The molecule has 0 bridgehead atoms. The lowest BCUT2D eigenvalue weighted by Crippen LogP contribution is -2.38. The van der Waals surface area contributed by atoms with Crippen molar-refractivity contribution in [2.45, 2.75) is 112 Å². The van der Waals surface area contributed by atoms with Gasteiger partial charge in [0.25, 0.3) is 0 Å². The van der Waals surface area contributed by atoms with Crippen LogP contribution in [0.4, 0.5) is 0 Å². The van der Waals surface area contributed by atoms with E-state index < -0.39 is 23.3 Å². The number of ether oxygens (including phenoxy) is 3. The molecule has 2 N–H and O–H groups in total. The second-order valence-corrected chi connectivity index (χ2v) is 15.3. The molecule has 10 heteroatoms. The largest absolute Gasteiger partial charge is 0.507 e. The zero-order chi connectivity index (χ0) is 39.8. The van der Waals surface area contributed by atoms with E-state index in [2.05, 4.69) is 18.7 Å². The standard InChI is InChI=1S/C44H55N3O7/c1-27(2)42(51)52-26-32(48)25-43(7,8)53-21-13-11-12-14-38(50)44(9,10)54-33-17-20-36(37(49)24-33)41-46-39(34-18-15-28(3)22-30(34)5)45-40(47-41)35-19-16-29(4)23-31(35)6/h15-20,22-24,32,48-49H,1,11-14,21,25-26H2,2-10H3. The van der Waals surface area contributed by atoms with Crippen LogP contribution >= 0.6 is 0 Å². The van der Waals surface area contributed by atoms with E-state index in [4.69, 9.17) is 29.2 Å². The summed E-state index contributed by atoms with van der Waals surface area (Å²) in [4.78, 5) is 39.3. The molecule has 0 aliphatic heterocycles. The van der Waals surface area contributed by atoms with Gasteiger partial charge in [-0.15, -0.1) is 0 Å². The van der Waals surface area contributed by atoms with Gasteiger partial charge < -0.3 is 24.4 Å². The molecule has 288 valence electrons. The second kappa shape index (κ2) is 17.9. The molecule has 1 unspecified atom stereocenters. The SMILES string of the molecule is C=C(C)C(=O)OCC(O)CC(C)(C)OCCCCCC(=O)C(C)(C)Oc1ccc(-c2nc(-c3ccc(C)cc3C)nc(-c3ccc(C)cc3C)n2)c(O)c1. The monoisotopic (exact) mass is 737 g/mol. The minimum Gasteiger partial charge on any atom is -0.507 e. The highest BCUT2D eigenvalue weighted by Gasteiger charge is 2.30. The second-order valence-electron chi connectivity index (χ2n) is 15.3. The molecule has 0 saturated carbocycles. The van der Waals surface area contributed by atoms with E-state index >= 15 is 0 Å². The third-order valence-corrected chi connectivity index (χ3v) is 9.16. The Morgan fingerprint density at radius 3 is 1.83 bits per heavy atom. The number of hydrogen-bond acceptors (Lipinski definition) is 10. The van der Waals surface area contributed by atoms with Gasteiger partial charge in [-0.1, -0.05) is 60.5 Å². The van der Waals surface area contributed by atoms with Crippen LogP contribution in [-0.2, 0) is 19.1 Å². The molecule has 0 amide bonds. The van der Waals surface area contributed by atoms with Gasteiger partial charge in [-0.2, -0.15) is 0 Å². The first-order chi connectivity index (χ1) is 25.3. The number of carbonyl (C=O) groups excluding carboxylic acids is 2. The van der Waals surface area contributed by atoms with Crippen molar-refractivity contribution < 1.29 is 34.0 Å². The molecule has 0 spiro atoms. The van der Waals surface area contributed by atoms with Gasteiger partial charge in [-0.25, -0.2) is 19.7 Å². The Balaban J connectivity index is 1.38. The number of ketones is 1. The van der Waals surface area contributed by atoms with E-state index in [1.165, 1.54) is 6.07 Å². The fourth-order valence-corrected chi connectivity index (χ4v) is 6.18. The topological polar surface area (TPSA) is 141 Å². The number of Topliss-reactive ketones (excluding diaryl/α,β-unsaturated/α-hetero) is 1. The van der Waals surface area contributed by atoms with E-state index in [-0.39, 0.29) is 23.7 Å². The summed E-state index contributed by atoms with van der Waals surface area (Å²) in [5, 5.41) is 21.5. The molecule has 54 heavy (non-hydrogen) atoms.